The third kappa shape index (κ3) is 17.5. The minimum atomic E-state index is 0.347. The van der Waals surface area contributed by atoms with Gasteiger partial charge in [0.15, 0.2) is 0 Å². The topological polar surface area (TPSA) is 13.0 Å². The molecule has 4 nitrogen and oxygen atoms in total. The van der Waals surface area contributed by atoms with Crippen molar-refractivity contribution in [2.75, 3.05) is 52.4 Å². The van der Waals surface area contributed by atoms with E-state index in [1.54, 1.807) is 40.7 Å². The molecule has 0 radical (unpaired) electrons. The maximum atomic E-state index is 5.38. The number of hydrogen-bond acceptors (Lipinski definition) is 8. The molecule has 200 valence electrons. The van der Waals surface area contributed by atoms with Crippen LogP contribution in [0, 0.1) is 0 Å². The zero-order chi connectivity index (χ0) is 26.5. The SMILES string of the molecule is CCN(CC)C(=S)S[Se]SC(=S)N(CC)CC.CCN(CC)C(=S)S[Se]SC(=S)N(CC)CC. The molecule has 14 heteroatoms. The molecular weight excluding hydrogens is 711 g/mol. The Bertz CT molecular complexity index is 487. The van der Waals surface area contributed by atoms with Gasteiger partial charge in [-0.15, -0.1) is 0 Å². The van der Waals surface area contributed by atoms with Crippen LogP contribution >= 0.6 is 89.6 Å². The summed E-state index contributed by atoms with van der Waals surface area (Å²) in [4.78, 5) is 8.84. The summed E-state index contributed by atoms with van der Waals surface area (Å²) >= 11 is 22.2. The summed E-state index contributed by atoms with van der Waals surface area (Å²) in [6, 6.07) is 0. The van der Waals surface area contributed by atoms with E-state index in [0.29, 0.717) is 25.4 Å². The van der Waals surface area contributed by atoms with Gasteiger partial charge in [-0.25, -0.2) is 0 Å². The van der Waals surface area contributed by atoms with Crippen molar-refractivity contribution in [3.05, 3.63) is 0 Å². The molecule has 0 amide bonds. The van der Waals surface area contributed by atoms with Crippen LogP contribution in [0.25, 0.3) is 0 Å². The van der Waals surface area contributed by atoms with Gasteiger partial charge in [0, 0.05) is 0 Å². The van der Waals surface area contributed by atoms with Gasteiger partial charge in [-0.1, -0.05) is 0 Å². The molecule has 0 aliphatic carbocycles. The fourth-order valence-electron chi connectivity index (χ4n) is 2.29. The van der Waals surface area contributed by atoms with Gasteiger partial charge in [0.2, 0.25) is 0 Å². The Morgan fingerprint density at radius 1 is 0.412 bits per heavy atom. The Hall–Kier alpha value is 2.00. The second-order valence-corrected chi connectivity index (χ2v) is 21.4. The zero-order valence-corrected chi connectivity index (χ0v) is 31.5. The van der Waals surface area contributed by atoms with Crippen molar-refractivity contribution in [2.45, 2.75) is 55.4 Å². The number of nitrogens with zero attached hydrogens (tertiary/aromatic N) is 4. The molecule has 0 rings (SSSR count). The molecule has 0 heterocycles. The van der Waals surface area contributed by atoms with Gasteiger partial charge in [0.1, 0.15) is 0 Å². The number of rotatable bonds is 12. The number of thiocarbonyl (C=S) groups is 4. The summed E-state index contributed by atoms with van der Waals surface area (Å²) < 4.78 is 4.02. The molecule has 0 aromatic heterocycles. The van der Waals surface area contributed by atoms with Crippen molar-refractivity contribution >= 4 is 132 Å². The molecule has 0 spiro atoms. The summed E-state index contributed by atoms with van der Waals surface area (Å²) in [5.74, 6) is 0. The molecule has 0 saturated heterocycles. The van der Waals surface area contributed by atoms with Gasteiger partial charge in [-0.2, -0.15) is 0 Å². The van der Waals surface area contributed by atoms with Crippen LogP contribution in [0.15, 0.2) is 0 Å². The van der Waals surface area contributed by atoms with Gasteiger partial charge in [-0.3, -0.25) is 0 Å². The first-order valence-electron chi connectivity index (χ1n) is 11.4. The zero-order valence-electron chi connectivity index (χ0n) is 21.5. The molecule has 0 N–H and O–H groups in total. The van der Waals surface area contributed by atoms with Crippen molar-refractivity contribution in [1.29, 1.82) is 0 Å². The van der Waals surface area contributed by atoms with E-state index in [9.17, 15) is 0 Å². The molecular formula is C20H40N4S8Se2. The van der Waals surface area contributed by atoms with Crippen LogP contribution < -0.4 is 0 Å². The quantitative estimate of drug-likeness (QED) is 0.160. The molecule has 0 aromatic carbocycles. The van der Waals surface area contributed by atoms with Crippen molar-refractivity contribution in [2.24, 2.45) is 0 Å². The summed E-state index contributed by atoms with van der Waals surface area (Å²) in [5.41, 5.74) is 0. The van der Waals surface area contributed by atoms with Crippen molar-refractivity contribution in [3.63, 3.8) is 0 Å². The van der Waals surface area contributed by atoms with E-state index in [0.717, 1.165) is 69.6 Å². The van der Waals surface area contributed by atoms with E-state index < -0.39 is 0 Å². The molecule has 34 heavy (non-hydrogen) atoms. The normalized spacial score (nSPS) is 10.1. The molecule has 0 saturated carbocycles. The van der Waals surface area contributed by atoms with Crippen molar-refractivity contribution in [3.8, 4) is 0 Å². The predicted octanol–water partition coefficient (Wildman–Crippen LogP) is 6.48. The van der Waals surface area contributed by atoms with E-state index in [-0.39, 0.29) is 0 Å². The van der Waals surface area contributed by atoms with Gasteiger partial charge in [0.05, 0.1) is 0 Å². The van der Waals surface area contributed by atoms with E-state index in [2.05, 4.69) is 75.0 Å². The Morgan fingerprint density at radius 3 is 0.676 bits per heavy atom. The van der Waals surface area contributed by atoms with Gasteiger partial charge in [0.25, 0.3) is 0 Å². The van der Waals surface area contributed by atoms with Crippen LogP contribution in [-0.2, 0) is 0 Å². The summed E-state index contributed by atoms with van der Waals surface area (Å²) in [6.45, 7) is 25.0. The summed E-state index contributed by atoms with van der Waals surface area (Å²) in [7, 11) is 7.08. The first kappa shape index (κ1) is 38.1. The third-order valence-electron chi connectivity index (χ3n) is 4.51. The standard InChI is InChI=1S/2C10H20N2S4Se/c2*1-5-11(6-2)9(13)15-17-16-10(14)12(7-3)8-4/h2*5-8H2,1-4H3. The molecule has 0 fully saturated rings. The van der Waals surface area contributed by atoms with Crippen LogP contribution in [0.4, 0.5) is 0 Å². The first-order valence-corrected chi connectivity index (χ1v) is 24.4. The molecule has 0 bridgehead atoms. The molecule has 0 aliphatic rings. The van der Waals surface area contributed by atoms with Gasteiger partial charge >= 0.3 is 260 Å². The van der Waals surface area contributed by atoms with Gasteiger partial charge < -0.3 is 0 Å². The molecule has 0 aliphatic heterocycles. The van der Waals surface area contributed by atoms with E-state index >= 15 is 0 Å². The number of hydrogen-bond donors (Lipinski definition) is 0. The van der Waals surface area contributed by atoms with E-state index in [1.807, 2.05) is 0 Å². The first-order chi connectivity index (χ1) is 16.2. The third-order valence-corrected chi connectivity index (χ3v) is 21.2. The summed E-state index contributed by atoms with van der Waals surface area (Å²) in [5, 5.41) is 0. The minimum absolute atomic E-state index is 0.347. The van der Waals surface area contributed by atoms with Crippen molar-refractivity contribution in [1.82, 2.24) is 19.6 Å². The Morgan fingerprint density at radius 2 is 0.559 bits per heavy atom. The molecule has 0 aromatic rings. The second-order valence-electron chi connectivity index (χ2n) is 6.22. The fraction of sp³-hybridized carbons (Fsp3) is 0.800. The van der Waals surface area contributed by atoms with Crippen LogP contribution in [0.2, 0.25) is 0 Å². The van der Waals surface area contributed by atoms with E-state index in [1.165, 1.54) is 0 Å². The predicted molar refractivity (Wildman–Crippen MR) is 184 cm³/mol. The van der Waals surface area contributed by atoms with Crippen LogP contribution in [0.5, 0.6) is 0 Å². The molecule has 0 unspecified atom stereocenters. The second kappa shape index (κ2) is 25.3. The van der Waals surface area contributed by atoms with Crippen molar-refractivity contribution < 1.29 is 0 Å². The molecule has 0 atom stereocenters. The Balaban J connectivity index is 0. The summed E-state index contributed by atoms with van der Waals surface area (Å²) in [6.07, 6.45) is 0. The average molecular weight is 751 g/mol. The Labute approximate surface area is 256 Å². The average Bonchev–Trinajstić information content (AvgIpc) is 2.82. The fourth-order valence-corrected chi connectivity index (χ4v) is 19.5. The maximum absolute atomic E-state index is 5.38. The van der Waals surface area contributed by atoms with Crippen LogP contribution in [0.3, 0.4) is 0 Å². The van der Waals surface area contributed by atoms with Crippen LogP contribution in [-0.4, -0.2) is 115 Å². The van der Waals surface area contributed by atoms with Gasteiger partial charge in [-0.05, 0) is 0 Å². The van der Waals surface area contributed by atoms with E-state index in [4.69, 9.17) is 48.9 Å². The van der Waals surface area contributed by atoms with Crippen LogP contribution in [0.1, 0.15) is 55.4 Å². The monoisotopic (exact) mass is 752 g/mol. The Kier molecular flexibility index (Phi) is 28.4.